The molecule has 1 aliphatic rings. The fourth-order valence-electron chi connectivity index (χ4n) is 4.70. The van der Waals surface area contributed by atoms with Gasteiger partial charge in [0.25, 0.3) is 0 Å². The molecule has 5 nitrogen and oxygen atoms in total. The Morgan fingerprint density at radius 2 is 1.69 bits per heavy atom. The molecular weight excluding hydrogens is 400 g/mol. The number of aldehydes is 1. The first-order valence-corrected chi connectivity index (χ1v) is 11.2. The van der Waals surface area contributed by atoms with Gasteiger partial charge < -0.3 is 14.3 Å². The quantitative estimate of drug-likeness (QED) is 0.467. The second-order valence-corrected chi connectivity index (χ2v) is 8.17. The van der Waals surface area contributed by atoms with Crippen LogP contribution in [-0.4, -0.2) is 36.4 Å². The van der Waals surface area contributed by atoms with Gasteiger partial charge in [-0.15, -0.1) is 0 Å². The number of aromatic nitrogens is 1. The van der Waals surface area contributed by atoms with Crippen molar-refractivity contribution in [1.29, 1.82) is 0 Å². The van der Waals surface area contributed by atoms with Gasteiger partial charge in [-0.3, -0.25) is 9.88 Å². The Balaban J connectivity index is 1.73. The van der Waals surface area contributed by atoms with Crippen LogP contribution in [0.2, 0.25) is 0 Å². The molecule has 0 amide bonds. The number of ether oxygens (including phenoxy) is 2. The zero-order valence-corrected chi connectivity index (χ0v) is 18.7. The second kappa shape index (κ2) is 10.4. The highest BCUT2D eigenvalue weighted by Crippen LogP contribution is 2.43. The van der Waals surface area contributed by atoms with E-state index in [0.29, 0.717) is 6.54 Å². The van der Waals surface area contributed by atoms with Gasteiger partial charge in [-0.05, 0) is 42.7 Å². The molecule has 0 radical (unpaired) electrons. The first-order chi connectivity index (χ1) is 15.7. The van der Waals surface area contributed by atoms with Crippen LogP contribution in [0, 0.1) is 0 Å². The lowest BCUT2D eigenvalue weighted by molar-refractivity contribution is -0.113. The monoisotopic (exact) mass is 430 g/mol. The molecule has 0 aliphatic carbocycles. The van der Waals surface area contributed by atoms with Crippen LogP contribution in [0.4, 0.5) is 0 Å². The Kier molecular flexibility index (Phi) is 7.17. The molecule has 1 aromatic heterocycles. The number of hydrogen-bond donors (Lipinski definition) is 0. The molecule has 1 saturated heterocycles. The van der Waals surface area contributed by atoms with Crippen molar-refractivity contribution in [3.8, 4) is 22.8 Å². The van der Waals surface area contributed by atoms with Gasteiger partial charge in [0.2, 0.25) is 0 Å². The largest absolute Gasteiger partial charge is 0.496 e. The van der Waals surface area contributed by atoms with Gasteiger partial charge in [0.15, 0.2) is 0 Å². The van der Waals surface area contributed by atoms with Crippen molar-refractivity contribution < 1.29 is 14.3 Å². The predicted molar refractivity (Wildman–Crippen MR) is 126 cm³/mol. The van der Waals surface area contributed by atoms with E-state index in [1.165, 1.54) is 0 Å². The van der Waals surface area contributed by atoms with E-state index in [1.54, 1.807) is 14.2 Å². The molecule has 0 spiro atoms. The van der Waals surface area contributed by atoms with Crippen LogP contribution >= 0.6 is 0 Å². The Hall–Kier alpha value is -3.18. The molecule has 0 N–H and O–H groups in total. The molecule has 2 aromatic carbocycles. The van der Waals surface area contributed by atoms with Crippen molar-refractivity contribution in [1.82, 2.24) is 9.88 Å². The first-order valence-electron chi connectivity index (χ1n) is 11.2. The third-order valence-electron chi connectivity index (χ3n) is 6.27. The Morgan fingerprint density at radius 3 is 2.38 bits per heavy atom. The Morgan fingerprint density at radius 1 is 0.969 bits per heavy atom. The molecule has 0 saturated carbocycles. The molecular formula is C27H30N2O3. The second-order valence-electron chi connectivity index (χ2n) is 8.17. The summed E-state index contributed by atoms with van der Waals surface area (Å²) in [7, 11) is 3.37. The molecule has 1 aliphatic heterocycles. The molecule has 5 heteroatoms. The summed E-state index contributed by atoms with van der Waals surface area (Å²) in [6.45, 7) is 0.650. The maximum Gasteiger partial charge on any atom is 0.137 e. The van der Waals surface area contributed by atoms with Gasteiger partial charge in [0, 0.05) is 24.3 Å². The smallest absolute Gasteiger partial charge is 0.137 e. The number of hydrogen-bond acceptors (Lipinski definition) is 5. The van der Waals surface area contributed by atoms with Gasteiger partial charge in [0.1, 0.15) is 17.8 Å². The van der Waals surface area contributed by atoms with E-state index in [9.17, 15) is 4.79 Å². The van der Waals surface area contributed by atoms with Gasteiger partial charge in [-0.25, -0.2) is 0 Å². The van der Waals surface area contributed by atoms with Gasteiger partial charge in [-0.1, -0.05) is 49.2 Å². The fraction of sp³-hybridized carbons (Fsp3) is 0.333. The fourth-order valence-corrected chi connectivity index (χ4v) is 4.70. The van der Waals surface area contributed by atoms with E-state index in [1.807, 2.05) is 48.7 Å². The lowest BCUT2D eigenvalue weighted by Crippen LogP contribution is -2.38. The third kappa shape index (κ3) is 4.68. The van der Waals surface area contributed by atoms with Crippen molar-refractivity contribution in [2.75, 3.05) is 14.2 Å². The SMILES string of the molecule is COc1cccc(OC)c1C1CCCCC(C=O)N1Cc1ccnc(-c2ccccc2)c1. The minimum Gasteiger partial charge on any atom is -0.496 e. The van der Waals surface area contributed by atoms with Crippen LogP contribution in [0.15, 0.2) is 66.9 Å². The predicted octanol–water partition coefficient (Wildman–Crippen LogP) is 5.45. The lowest BCUT2D eigenvalue weighted by atomic mass is 9.97. The number of benzene rings is 2. The van der Waals surface area contributed by atoms with Crippen LogP contribution in [-0.2, 0) is 11.3 Å². The topological polar surface area (TPSA) is 51.7 Å². The number of nitrogens with zero attached hydrogens (tertiary/aromatic N) is 2. The standard InChI is InChI=1S/C27H30N2O3/c1-31-25-13-8-14-26(32-2)27(25)24-12-7-6-11-22(19-30)29(24)18-20-15-16-28-23(17-20)21-9-4-3-5-10-21/h3-5,8-10,13-17,19,22,24H,6-7,11-12,18H2,1-2H3. The van der Waals surface area contributed by atoms with Gasteiger partial charge >= 0.3 is 0 Å². The maximum atomic E-state index is 12.2. The lowest BCUT2D eigenvalue weighted by Gasteiger charge is -2.35. The zero-order valence-electron chi connectivity index (χ0n) is 18.7. The van der Waals surface area contributed by atoms with Gasteiger partial charge in [-0.2, -0.15) is 0 Å². The van der Waals surface area contributed by atoms with E-state index in [4.69, 9.17) is 9.47 Å². The number of likely N-dealkylation sites (tertiary alicyclic amines) is 1. The number of pyridine rings is 1. The molecule has 1 fully saturated rings. The molecule has 32 heavy (non-hydrogen) atoms. The van der Waals surface area contributed by atoms with Crippen LogP contribution in [0.1, 0.15) is 42.9 Å². The summed E-state index contributed by atoms with van der Waals surface area (Å²) in [5.41, 5.74) is 4.17. The molecule has 2 atom stereocenters. The van der Waals surface area contributed by atoms with Crippen LogP contribution in [0.25, 0.3) is 11.3 Å². The van der Waals surface area contributed by atoms with Gasteiger partial charge in [0.05, 0.1) is 31.5 Å². The number of rotatable bonds is 7. The third-order valence-corrected chi connectivity index (χ3v) is 6.27. The summed E-state index contributed by atoms with van der Waals surface area (Å²) >= 11 is 0. The average Bonchev–Trinajstić information content (AvgIpc) is 3.06. The zero-order chi connectivity index (χ0) is 22.3. The van der Waals surface area contributed by atoms with Crippen LogP contribution in [0.5, 0.6) is 11.5 Å². The van der Waals surface area contributed by atoms with E-state index in [0.717, 1.165) is 65.9 Å². The summed E-state index contributed by atoms with van der Waals surface area (Å²) in [6, 6.07) is 20.1. The summed E-state index contributed by atoms with van der Waals surface area (Å²) < 4.78 is 11.4. The normalized spacial score (nSPS) is 19.2. The highest BCUT2D eigenvalue weighted by atomic mass is 16.5. The number of methoxy groups -OCH3 is 2. The Bertz CT molecular complexity index is 1020. The average molecular weight is 431 g/mol. The van der Waals surface area contributed by atoms with E-state index >= 15 is 0 Å². The number of carbonyl (C=O) groups is 1. The van der Waals surface area contributed by atoms with Crippen molar-refractivity contribution in [2.45, 2.75) is 44.3 Å². The van der Waals surface area contributed by atoms with Crippen molar-refractivity contribution in [3.63, 3.8) is 0 Å². The van der Waals surface area contributed by atoms with E-state index in [-0.39, 0.29) is 12.1 Å². The highest BCUT2D eigenvalue weighted by Gasteiger charge is 2.33. The minimum absolute atomic E-state index is 0.0205. The molecule has 0 bridgehead atoms. The first kappa shape index (κ1) is 22.0. The summed E-state index contributed by atoms with van der Waals surface area (Å²) in [5.74, 6) is 1.59. The van der Waals surface area contributed by atoms with Crippen molar-refractivity contribution >= 4 is 6.29 Å². The molecule has 166 valence electrons. The highest BCUT2D eigenvalue weighted by molar-refractivity contribution is 5.60. The molecule has 2 unspecified atom stereocenters. The maximum absolute atomic E-state index is 12.2. The molecule has 4 rings (SSSR count). The van der Waals surface area contributed by atoms with E-state index < -0.39 is 0 Å². The number of carbonyl (C=O) groups excluding carboxylic acids is 1. The van der Waals surface area contributed by atoms with Crippen molar-refractivity contribution in [3.05, 3.63) is 78.0 Å². The molecule has 2 heterocycles. The Labute approximate surface area is 190 Å². The summed E-state index contributed by atoms with van der Waals surface area (Å²) in [5, 5.41) is 0. The van der Waals surface area contributed by atoms with Crippen molar-refractivity contribution in [2.24, 2.45) is 0 Å². The summed E-state index contributed by atoms with van der Waals surface area (Å²) in [4.78, 5) is 19.0. The summed E-state index contributed by atoms with van der Waals surface area (Å²) in [6.07, 6.45) is 6.83. The van der Waals surface area contributed by atoms with E-state index in [2.05, 4.69) is 28.1 Å². The molecule has 3 aromatic rings. The van der Waals surface area contributed by atoms with Crippen LogP contribution in [0.3, 0.4) is 0 Å². The van der Waals surface area contributed by atoms with Crippen LogP contribution < -0.4 is 9.47 Å². The minimum atomic E-state index is -0.162.